The Labute approximate surface area is 120 Å². The molecule has 2 unspecified atom stereocenters. The predicted molar refractivity (Wildman–Crippen MR) is 78.5 cm³/mol. The third-order valence-electron chi connectivity index (χ3n) is 3.27. The van der Waals surface area contributed by atoms with E-state index in [9.17, 15) is 9.18 Å². The van der Waals surface area contributed by atoms with E-state index in [1.165, 1.54) is 6.07 Å². The molecule has 5 heteroatoms. The standard InChI is InChI=1S/C15H24FN3O/c1-10(11(2)17)15(20)18-8-12-5-6-14(16)13(7-12)9-19(3)4/h5-7,10-11H,8-9,17H2,1-4H3,(H,18,20). The fourth-order valence-electron chi connectivity index (χ4n) is 1.79. The van der Waals surface area contributed by atoms with Crippen LogP contribution in [0, 0.1) is 11.7 Å². The van der Waals surface area contributed by atoms with Crippen molar-refractivity contribution in [3.63, 3.8) is 0 Å². The number of amides is 1. The van der Waals surface area contributed by atoms with Crippen molar-refractivity contribution < 1.29 is 9.18 Å². The smallest absolute Gasteiger partial charge is 0.224 e. The Hall–Kier alpha value is -1.46. The Morgan fingerprint density at radius 2 is 2.05 bits per heavy atom. The molecule has 0 aliphatic heterocycles. The molecule has 0 bridgehead atoms. The van der Waals surface area contributed by atoms with Gasteiger partial charge in [0, 0.05) is 30.6 Å². The van der Waals surface area contributed by atoms with Crippen LogP contribution >= 0.6 is 0 Å². The minimum Gasteiger partial charge on any atom is -0.352 e. The summed E-state index contributed by atoms with van der Waals surface area (Å²) in [7, 11) is 3.77. The summed E-state index contributed by atoms with van der Waals surface area (Å²) in [6, 6.07) is 4.72. The van der Waals surface area contributed by atoms with Gasteiger partial charge in [0.2, 0.25) is 5.91 Å². The van der Waals surface area contributed by atoms with Crippen LogP contribution in [0.3, 0.4) is 0 Å². The first-order chi connectivity index (χ1) is 9.31. The molecular weight excluding hydrogens is 257 g/mol. The normalized spacial score (nSPS) is 14.2. The number of hydrogen-bond donors (Lipinski definition) is 2. The van der Waals surface area contributed by atoms with E-state index in [4.69, 9.17) is 5.73 Å². The lowest BCUT2D eigenvalue weighted by Crippen LogP contribution is -2.38. The molecule has 1 amide bonds. The second kappa shape index (κ2) is 7.36. The molecule has 1 aromatic rings. The molecule has 0 aliphatic rings. The van der Waals surface area contributed by atoms with Gasteiger partial charge in [-0.1, -0.05) is 13.0 Å². The summed E-state index contributed by atoms with van der Waals surface area (Å²) in [5, 5.41) is 2.83. The zero-order valence-corrected chi connectivity index (χ0v) is 12.6. The first-order valence-corrected chi connectivity index (χ1v) is 6.76. The fourth-order valence-corrected chi connectivity index (χ4v) is 1.79. The lowest BCUT2D eigenvalue weighted by atomic mass is 10.0. The average molecular weight is 281 g/mol. The van der Waals surface area contributed by atoms with Gasteiger partial charge in [-0.15, -0.1) is 0 Å². The summed E-state index contributed by atoms with van der Waals surface area (Å²) >= 11 is 0. The van der Waals surface area contributed by atoms with Crippen LogP contribution in [0.4, 0.5) is 4.39 Å². The van der Waals surface area contributed by atoms with E-state index >= 15 is 0 Å². The number of carbonyl (C=O) groups excluding carboxylic acids is 1. The molecule has 0 aliphatic carbocycles. The third kappa shape index (κ3) is 4.90. The first-order valence-electron chi connectivity index (χ1n) is 6.76. The van der Waals surface area contributed by atoms with Crippen molar-refractivity contribution in [2.75, 3.05) is 14.1 Å². The van der Waals surface area contributed by atoms with Crippen molar-refractivity contribution in [1.82, 2.24) is 10.2 Å². The van der Waals surface area contributed by atoms with Gasteiger partial charge in [0.25, 0.3) is 0 Å². The molecular formula is C15H24FN3O. The van der Waals surface area contributed by atoms with Gasteiger partial charge in [-0.05, 0) is 38.7 Å². The number of nitrogens with two attached hydrogens (primary N) is 1. The van der Waals surface area contributed by atoms with Crippen molar-refractivity contribution in [2.45, 2.75) is 33.0 Å². The van der Waals surface area contributed by atoms with Crippen LogP contribution in [0.5, 0.6) is 0 Å². The van der Waals surface area contributed by atoms with Crippen LogP contribution in [0.25, 0.3) is 0 Å². The highest BCUT2D eigenvalue weighted by Crippen LogP contribution is 2.12. The lowest BCUT2D eigenvalue weighted by molar-refractivity contribution is -0.125. The van der Waals surface area contributed by atoms with Gasteiger partial charge >= 0.3 is 0 Å². The van der Waals surface area contributed by atoms with Crippen molar-refractivity contribution in [3.8, 4) is 0 Å². The quantitative estimate of drug-likeness (QED) is 0.830. The molecule has 3 N–H and O–H groups in total. The monoisotopic (exact) mass is 281 g/mol. The van der Waals surface area contributed by atoms with Crippen LogP contribution < -0.4 is 11.1 Å². The second-order valence-electron chi connectivity index (χ2n) is 5.53. The van der Waals surface area contributed by atoms with Crippen molar-refractivity contribution in [2.24, 2.45) is 11.7 Å². The Balaban J connectivity index is 2.67. The number of nitrogens with one attached hydrogen (secondary N) is 1. The van der Waals surface area contributed by atoms with Crippen LogP contribution in [0.1, 0.15) is 25.0 Å². The van der Waals surface area contributed by atoms with Crippen molar-refractivity contribution >= 4 is 5.91 Å². The Kier molecular flexibility index (Phi) is 6.10. The molecule has 0 aromatic heterocycles. The fraction of sp³-hybridized carbons (Fsp3) is 0.533. The van der Waals surface area contributed by atoms with Gasteiger partial charge in [-0.25, -0.2) is 4.39 Å². The van der Waals surface area contributed by atoms with E-state index in [0.717, 1.165) is 5.56 Å². The van der Waals surface area contributed by atoms with Gasteiger partial charge in [0.1, 0.15) is 5.82 Å². The summed E-state index contributed by atoms with van der Waals surface area (Å²) in [6.45, 7) is 4.51. The first kappa shape index (κ1) is 16.6. The molecule has 4 nitrogen and oxygen atoms in total. The maximum atomic E-state index is 13.6. The molecule has 1 rings (SSSR count). The number of nitrogens with zero attached hydrogens (tertiary/aromatic N) is 1. The zero-order valence-electron chi connectivity index (χ0n) is 12.6. The number of halogens is 1. The topological polar surface area (TPSA) is 58.4 Å². The van der Waals surface area contributed by atoms with E-state index < -0.39 is 0 Å². The Morgan fingerprint density at radius 1 is 1.40 bits per heavy atom. The van der Waals surface area contributed by atoms with E-state index in [-0.39, 0.29) is 23.7 Å². The lowest BCUT2D eigenvalue weighted by Gasteiger charge is -2.16. The van der Waals surface area contributed by atoms with E-state index in [2.05, 4.69) is 5.32 Å². The minimum atomic E-state index is -0.239. The summed E-state index contributed by atoms with van der Waals surface area (Å²) in [5.41, 5.74) is 7.20. The molecule has 0 saturated heterocycles. The number of carbonyl (C=O) groups is 1. The van der Waals surface area contributed by atoms with E-state index in [1.807, 2.05) is 19.0 Å². The number of benzene rings is 1. The summed E-state index contributed by atoms with van der Waals surface area (Å²) in [6.07, 6.45) is 0. The van der Waals surface area contributed by atoms with Gasteiger partial charge in [0.15, 0.2) is 0 Å². The highest BCUT2D eigenvalue weighted by atomic mass is 19.1. The molecule has 0 spiro atoms. The average Bonchev–Trinajstić information content (AvgIpc) is 2.37. The largest absolute Gasteiger partial charge is 0.352 e. The molecule has 1 aromatic carbocycles. The third-order valence-corrected chi connectivity index (χ3v) is 3.27. The zero-order chi connectivity index (χ0) is 15.3. The molecule has 2 atom stereocenters. The van der Waals surface area contributed by atoms with Gasteiger partial charge in [-0.3, -0.25) is 4.79 Å². The van der Waals surface area contributed by atoms with Crippen LogP contribution in [0.15, 0.2) is 18.2 Å². The van der Waals surface area contributed by atoms with Crippen LogP contribution in [0.2, 0.25) is 0 Å². The van der Waals surface area contributed by atoms with E-state index in [1.54, 1.807) is 26.0 Å². The number of rotatable bonds is 6. The Bertz CT molecular complexity index is 460. The maximum Gasteiger partial charge on any atom is 0.224 e. The molecule has 0 heterocycles. The Morgan fingerprint density at radius 3 is 2.60 bits per heavy atom. The SMILES string of the molecule is CC(N)C(C)C(=O)NCc1ccc(F)c(CN(C)C)c1. The summed E-state index contributed by atoms with van der Waals surface area (Å²) in [4.78, 5) is 13.7. The summed E-state index contributed by atoms with van der Waals surface area (Å²) < 4.78 is 13.6. The van der Waals surface area contributed by atoms with Crippen LogP contribution in [-0.4, -0.2) is 30.9 Å². The second-order valence-corrected chi connectivity index (χ2v) is 5.53. The minimum absolute atomic E-state index is 0.0847. The molecule has 112 valence electrons. The summed E-state index contributed by atoms with van der Waals surface area (Å²) in [5.74, 6) is -0.548. The van der Waals surface area contributed by atoms with Gasteiger partial charge in [0.05, 0.1) is 0 Å². The maximum absolute atomic E-state index is 13.6. The van der Waals surface area contributed by atoms with Gasteiger partial charge in [-0.2, -0.15) is 0 Å². The number of hydrogen-bond acceptors (Lipinski definition) is 3. The molecule has 0 saturated carbocycles. The van der Waals surface area contributed by atoms with E-state index in [0.29, 0.717) is 18.7 Å². The van der Waals surface area contributed by atoms with Crippen molar-refractivity contribution in [3.05, 3.63) is 35.1 Å². The highest BCUT2D eigenvalue weighted by Gasteiger charge is 2.16. The van der Waals surface area contributed by atoms with Gasteiger partial charge < -0.3 is 16.0 Å². The van der Waals surface area contributed by atoms with Crippen LogP contribution in [-0.2, 0) is 17.9 Å². The molecule has 0 fully saturated rings. The predicted octanol–water partition coefficient (Wildman–Crippen LogP) is 1.49. The highest BCUT2D eigenvalue weighted by molar-refractivity contribution is 5.78. The van der Waals surface area contributed by atoms with Crippen molar-refractivity contribution in [1.29, 1.82) is 0 Å². The molecule has 20 heavy (non-hydrogen) atoms. The molecule has 0 radical (unpaired) electrons.